The van der Waals surface area contributed by atoms with Crippen molar-refractivity contribution >= 4 is 11.7 Å². The quantitative estimate of drug-likeness (QED) is 0.744. The Morgan fingerprint density at radius 1 is 1.18 bits per heavy atom. The molecule has 0 heterocycles. The van der Waals surface area contributed by atoms with E-state index in [0.29, 0.717) is 0 Å². The lowest BCUT2D eigenvalue weighted by molar-refractivity contribution is -0.137. The summed E-state index contributed by atoms with van der Waals surface area (Å²) in [5.74, 6) is -0.715. The predicted molar refractivity (Wildman–Crippen MR) is 70.6 cm³/mol. The number of hydrogen-bond acceptors (Lipinski definition) is 2. The van der Waals surface area contributed by atoms with Gasteiger partial charge in [0.05, 0.1) is 0 Å². The van der Waals surface area contributed by atoms with E-state index in [4.69, 9.17) is 5.11 Å². The Morgan fingerprint density at radius 2 is 1.88 bits per heavy atom. The molecule has 0 aliphatic carbocycles. The van der Waals surface area contributed by atoms with E-state index in [9.17, 15) is 4.79 Å². The number of carboxylic acid groups (broad SMARTS) is 1. The van der Waals surface area contributed by atoms with Crippen LogP contribution in [0.4, 0.5) is 5.69 Å². The van der Waals surface area contributed by atoms with Crippen LogP contribution >= 0.6 is 0 Å². The van der Waals surface area contributed by atoms with E-state index in [1.54, 1.807) is 0 Å². The van der Waals surface area contributed by atoms with Crippen LogP contribution in [0.5, 0.6) is 0 Å². The summed E-state index contributed by atoms with van der Waals surface area (Å²) in [5, 5.41) is 11.9. The van der Waals surface area contributed by atoms with Crippen LogP contribution in [-0.2, 0) is 4.79 Å². The van der Waals surface area contributed by atoms with Gasteiger partial charge in [0.2, 0.25) is 0 Å². The van der Waals surface area contributed by atoms with E-state index in [2.05, 4.69) is 38.2 Å². The molecule has 0 aliphatic rings. The Kier molecular flexibility index (Phi) is 5.01. The highest BCUT2D eigenvalue weighted by molar-refractivity contribution is 5.66. The fourth-order valence-corrected chi connectivity index (χ4v) is 1.77. The first-order valence-electron chi connectivity index (χ1n) is 6.05. The number of aliphatic carboxylic acids is 1. The molecule has 3 heteroatoms. The highest BCUT2D eigenvalue weighted by Gasteiger charge is 2.03. The molecule has 17 heavy (non-hydrogen) atoms. The number of unbranched alkanes of at least 4 members (excludes halogenated alkanes) is 1. The molecule has 0 unspecified atom stereocenters. The van der Waals surface area contributed by atoms with E-state index in [1.807, 2.05) is 0 Å². The summed E-state index contributed by atoms with van der Waals surface area (Å²) in [7, 11) is 0. The van der Waals surface area contributed by atoms with E-state index >= 15 is 0 Å². The lowest BCUT2D eigenvalue weighted by atomic mass is 10.0. The van der Waals surface area contributed by atoms with Gasteiger partial charge in [-0.05, 0) is 56.4 Å². The van der Waals surface area contributed by atoms with Crippen LogP contribution in [0.15, 0.2) is 12.1 Å². The Labute approximate surface area is 103 Å². The summed E-state index contributed by atoms with van der Waals surface area (Å²) in [6, 6.07) is 4.21. The number of benzene rings is 1. The van der Waals surface area contributed by atoms with Gasteiger partial charge in [0.1, 0.15) is 0 Å². The molecule has 1 aromatic carbocycles. The van der Waals surface area contributed by atoms with Crippen molar-refractivity contribution in [1.29, 1.82) is 0 Å². The normalized spacial score (nSPS) is 10.3. The standard InChI is InChI=1S/C14H21NO2/c1-10-7-8-13(12(3)11(10)2)15-9-5-4-6-14(16)17/h7-8,15H,4-6,9H2,1-3H3,(H,16,17). The SMILES string of the molecule is Cc1ccc(NCCCCC(=O)O)c(C)c1C. The van der Waals surface area contributed by atoms with Crippen LogP contribution in [0.1, 0.15) is 36.0 Å². The number of carbonyl (C=O) groups is 1. The molecule has 1 aromatic rings. The zero-order chi connectivity index (χ0) is 12.8. The third-order valence-corrected chi connectivity index (χ3v) is 3.19. The van der Waals surface area contributed by atoms with E-state index < -0.39 is 5.97 Å². The summed E-state index contributed by atoms with van der Waals surface area (Å²) in [6.45, 7) is 7.18. The van der Waals surface area contributed by atoms with Gasteiger partial charge in [-0.1, -0.05) is 6.07 Å². The van der Waals surface area contributed by atoms with Gasteiger partial charge in [-0.25, -0.2) is 0 Å². The topological polar surface area (TPSA) is 49.3 Å². The number of aryl methyl sites for hydroxylation is 1. The Balaban J connectivity index is 2.42. The van der Waals surface area contributed by atoms with Crippen LogP contribution in [0.2, 0.25) is 0 Å². The zero-order valence-corrected chi connectivity index (χ0v) is 10.8. The Bertz CT molecular complexity index is 399. The molecule has 0 radical (unpaired) electrons. The molecule has 0 atom stereocenters. The van der Waals surface area contributed by atoms with Crippen molar-refractivity contribution in [2.75, 3.05) is 11.9 Å². The monoisotopic (exact) mass is 235 g/mol. The van der Waals surface area contributed by atoms with Crippen LogP contribution in [0.3, 0.4) is 0 Å². The summed E-state index contributed by atoms with van der Waals surface area (Å²) in [5.41, 5.74) is 5.06. The van der Waals surface area contributed by atoms with Crippen LogP contribution < -0.4 is 5.32 Å². The minimum absolute atomic E-state index is 0.258. The van der Waals surface area contributed by atoms with Crippen molar-refractivity contribution in [2.45, 2.75) is 40.0 Å². The third kappa shape index (κ3) is 4.10. The number of anilines is 1. The number of hydrogen-bond donors (Lipinski definition) is 2. The van der Waals surface area contributed by atoms with Crippen molar-refractivity contribution in [1.82, 2.24) is 0 Å². The van der Waals surface area contributed by atoms with Crippen molar-refractivity contribution in [2.24, 2.45) is 0 Å². The first-order chi connectivity index (χ1) is 8.02. The fraction of sp³-hybridized carbons (Fsp3) is 0.500. The van der Waals surface area contributed by atoms with E-state index in [-0.39, 0.29) is 6.42 Å². The van der Waals surface area contributed by atoms with Gasteiger partial charge < -0.3 is 10.4 Å². The van der Waals surface area contributed by atoms with Gasteiger partial charge in [-0.15, -0.1) is 0 Å². The average Bonchev–Trinajstić information content (AvgIpc) is 2.28. The molecule has 0 saturated heterocycles. The summed E-state index contributed by atoms with van der Waals surface area (Å²) in [4.78, 5) is 10.3. The zero-order valence-electron chi connectivity index (χ0n) is 10.8. The Hall–Kier alpha value is -1.51. The van der Waals surface area contributed by atoms with E-state index in [1.165, 1.54) is 16.7 Å². The number of rotatable bonds is 6. The average molecular weight is 235 g/mol. The maximum atomic E-state index is 10.3. The molecular weight excluding hydrogens is 214 g/mol. The van der Waals surface area contributed by atoms with Crippen molar-refractivity contribution < 1.29 is 9.90 Å². The van der Waals surface area contributed by atoms with Gasteiger partial charge in [0.25, 0.3) is 0 Å². The predicted octanol–water partition coefficient (Wildman–Crippen LogP) is 3.28. The number of nitrogens with one attached hydrogen (secondary N) is 1. The first-order valence-corrected chi connectivity index (χ1v) is 6.05. The molecule has 0 amide bonds. The molecule has 0 fully saturated rings. The second kappa shape index (κ2) is 6.28. The van der Waals surface area contributed by atoms with Gasteiger partial charge >= 0.3 is 5.97 Å². The first kappa shape index (κ1) is 13.6. The molecule has 1 rings (SSSR count). The lowest BCUT2D eigenvalue weighted by Gasteiger charge is -2.13. The summed E-state index contributed by atoms with van der Waals surface area (Å²) < 4.78 is 0. The van der Waals surface area contributed by atoms with Crippen molar-refractivity contribution in [3.05, 3.63) is 28.8 Å². The molecular formula is C14H21NO2. The van der Waals surface area contributed by atoms with Gasteiger partial charge in [0, 0.05) is 18.7 Å². The molecule has 94 valence electrons. The molecule has 2 N–H and O–H groups in total. The molecule has 0 aliphatic heterocycles. The largest absolute Gasteiger partial charge is 0.481 e. The van der Waals surface area contributed by atoms with Crippen molar-refractivity contribution in [3.8, 4) is 0 Å². The fourth-order valence-electron chi connectivity index (χ4n) is 1.77. The minimum atomic E-state index is -0.715. The maximum Gasteiger partial charge on any atom is 0.303 e. The van der Waals surface area contributed by atoms with Gasteiger partial charge in [-0.3, -0.25) is 4.79 Å². The number of carboxylic acids is 1. The highest BCUT2D eigenvalue weighted by atomic mass is 16.4. The third-order valence-electron chi connectivity index (χ3n) is 3.19. The smallest absolute Gasteiger partial charge is 0.303 e. The summed E-state index contributed by atoms with van der Waals surface area (Å²) >= 11 is 0. The molecule has 3 nitrogen and oxygen atoms in total. The van der Waals surface area contributed by atoms with Crippen LogP contribution in [0.25, 0.3) is 0 Å². The van der Waals surface area contributed by atoms with Gasteiger partial charge in [0.15, 0.2) is 0 Å². The minimum Gasteiger partial charge on any atom is -0.481 e. The molecule has 0 saturated carbocycles. The van der Waals surface area contributed by atoms with Crippen LogP contribution in [-0.4, -0.2) is 17.6 Å². The molecule has 0 spiro atoms. The highest BCUT2D eigenvalue weighted by Crippen LogP contribution is 2.21. The Morgan fingerprint density at radius 3 is 2.53 bits per heavy atom. The second-order valence-corrected chi connectivity index (χ2v) is 4.46. The molecule has 0 bridgehead atoms. The van der Waals surface area contributed by atoms with Gasteiger partial charge in [-0.2, -0.15) is 0 Å². The summed E-state index contributed by atoms with van der Waals surface area (Å²) in [6.07, 6.45) is 1.87. The maximum absolute atomic E-state index is 10.3. The van der Waals surface area contributed by atoms with E-state index in [0.717, 1.165) is 25.1 Å². The van der Waals surface area contributed by atoms with Crippen LogP contribution in [0, 0.1) is 20.8 Å². The van der Waals surface area contributed by atoms with Crippen molar-refractivity contribution in [3.63, 3.8) is 0 Å². The second-order valence-electron chi connectivity index (χ2n) is 4.46. The lowest BCUT2D eigenvalue weighted by Crippen LogP contribution is -2.05. The molecule has 0 aromatic heterocycles.